The standard InChI is InChI=1S/C20H21N3O5S/c1-3-13-16(19(25)27-4-2)14(23-20(26)22-13)10-28-18(24)15-11-29-17(21-15)12-8-6-5-7-9-12/h5-9,11,13H,3-4,10H2,1-2H3,(H2,22,23,26)/t13-/m1/s1. The Balaban J connectivity index is 1.75. The number of hydrogen-bond acceptors (Lipinski definition) is 7. The van der Waals surface area contributed by atoms with Gasteiger partial charge in [0.15, 0.2) is 5.69 Å². The number of nitrogens with one attached hydrogen (secondary N) is 2. The van der Waals surface area contributed by atoms with E-state index < -0.39 is 24.0 Å². The highest BCUT2D eigenvalue weighted by Gasteiger charge is 2.32. The van der Waals surface area contributed by atoms with E-state index in [-0.39, 0.29) is 30.2 Å². The summed E-state index contributed by atoms with van der Waals surface area (Å²) >= 11 is 1.33. The smallest absolute Gasteiger partial charge is 0.358 e. The van der Waals surface area contributed by atoms with E-state index in [0.717, 1.165) is 5.56 Å². The second-order valence-electron chi connectivity index (χ2n) is 6.15. The fourth-order valence-electron chi connectivity index (χ4n) is 2.87. The fraction of sp³-hybridized carbons (Fsp3) is 0.300. The van der Waals surface area contributed by atoms with Crippen molar-refractivity contribution < 1.29 is 23.9 Å². The van der Waals surface area contributed by atoms with Crippen molar-refractivity contribution >= 4 is 29.3 Å². The van der Waals surface area contributed by atoms with Crippen molar-refractivity contribution in [3.05, 3.63) is 52.7 Å². The Morgan fingerprint density at radius 2 is 1.90 bits per heavy atom. The van der Waals surface area contributed by atoms with Crippen molar-refractivity contribution in [2.24, 2.45) is 0 Å². The van der Waals surface area contributed by atoms with Crippen LogP contribution in [0.15, 0.2) is 47.0 Å². The van der Waals surface area contributed by atoms with E-state index in [1.165, 1.54) is 11.3 Å². The molecule has 1 aromatic carbocycles. The first-order valence-corrected chi connectivity index (χ1v) is 10.1. The molecule has 1 aliphatic heterocycles. The summed E-state index contributed by atoms with van der Waals surface area (Å²) in [5, 5.41) is 7.52. The van der Waals surface area contributed by atoms with Gasteiger partial charge in [-0.25, -0.2) is 19.4 Å². The molecule has 1 aliphatic rings. The molecule has 8 nitrogen and oxygen atoms in total. The van der Waals surface area contributed by atoms with E-state index in [2.05, 4.69) is 15.6 Å². The maximum absolute atomic E-state index is 12.4. The molecule has 2 aromatic rings. The highest BCUT2D eigenvalue weighted by atomic mass is 32.1. The first-order valence-electron chi connectivity index (χ1n) is 9.19. The molecule has 2 N–H and O–H groups in total. The summed E-state index contributed by atoms with van der Waals surface area (Å²) in [5.41, 5.74) is 1.54. The predicted molar refractivity (Wildman–Crippen MR) is 107 cm³/mol. The van der Waals surface area contributed by atoms with Crippen molar-refractivity contribution in [3.8, 4) is 10.6 Å². The predicted octanol–water partition coefficient (Wildman–Crippen LogP) is 2.88. The zero-order valence-electron chi connectivity index (χ0n) is 16.1. The summed E-state index contributed by atoms with van der Waals surface area (Å²) in [6.07, 6.45) is 0.492. The number of urea groups is 1. The van der Waals surface area contributed by atoms with Crippen LogP contribution in [0.2, 0.25) is 0 Å². The van der Waals surface area contributed by atoms with E-state index in [0.29, 0.717) is 11.4 Å². The van der Waals surface area contributed by atoms with Crippen LogP contribution in [-0.2, 0) is 14.3 Å². The minimum absolute atomic E-state index is 0.166. The second kappa shape index (κ2) is 9.33. The van der Waals surface area contributed by atoms with Gasteiger partial charge >= 0.3 is 18.0 Å². The van der Waals surface area contributed by atoms with Gasteiger partial charge < -0.3 is 20.1 Å². The number of amides is 2. The Bertz CT molecular complexity index is 939. The van der Waals surface area contributed by atoms with E-state index in [1.807, 2.05) is 37.3 Å². The maximum Gasteiger partial charge on any atom is 0.358 e. The van der Waals surface area contributed by atoms with Gasteiger partial charge in [-0.05, 0) is 13.3 Å². The molecule has 1 aromatic heterocycles. The number of thiazole rings is 1. The van der Waals surface area contributed by atoms with Crippen molar-refractivity contribution in [3.63, 3.8) is 0 Å². The zero-order chi connectivity index (χ0) is 20.8. The average molecular weight is 415 g/mol. The molecule has 0 saturated heterocycles. The van der Waals surface area contributed by atoms with Crippen molar-refractivity contribution in [2.45, 2.75) is 26.3 Å². The van der Waals surface area contributed by atoms with Crippen molar-refractivity contribution in [2.75, 3.05) is 13.2 Å². The summed E-state index contributed by atoms with van der Waals surface area (Å²) in [5.74, 6) is -1.20. The Morgan fingerprint density at radius 3 is 2.59 bits per heavy atom. The molecular formula is C20H21N3O5S. The highest BCUT2D eigenvalue weighted by Crippen LogP contribution is 2.24. The van der Waals surface area contributed by atoms with Crippen LogP contribution in [0, 0.1) is 0 Å². The summed E-state index contributed by atoms with van der Waals surface area (Å²) in [4.78, 5) is 41.0. The number of ether oxygens (including phenoxy) is 2. The fourth-order valence-corrected chi connectivity index (χ4v) is 3.66. The third-order valence-corrected chi connectivity index (χ3v) is 5.12. The molecule has 0 radical (unpaired) electrons. The second-order valence-corrected chi connectivity index (χ2v) is 7.01. The van der Waals surface area contributed by atoms with Gasteiger partial charge in [0.2, 0.25) is 0 Å². The van der Waals surface area contributed by atoms with Crippen LogP contribution in [0.4, 0.5) is 4.79 Å². The largest absolute Gasteiger partial charge is 0.463 e. The molecule has 2 amide bonds. The molecule has 9 heteroatoms. The third-order valence-electron chi connectivity index (χ3n) is 4.23. The number of nitrogens with zero attached hydrogens (tertiary/aromatic N) is 1. The van der Waals surface area contributed by atoms with Gasteiger partial charge in [-0.3, -0.25) is 0 Å². The van der Waals surface area contributed by atoms with Crippen LogP contribution in [0.25, 0.3) is 10.6 Å². The lowest BCUT2D eigenvalue weighted by Crippen LogP contribution is -2.51. The molecule has 0 aliphatic carbocycles. The summed E-state index contributed by atoms with van der Waals surface area (Å²) < 4.78 is 10.4. The van der Waals surface area contributed by atoms with Gasteiger partial charge in [0, 0.05) is 10.9 Å². The molecule has 152 valence electrons. The van der Waals surface area contributed by atoms with E-state index >= 15 is 0 Å². The van der Waals surface area contributed by atoms with Crippen LogP contribution >= 0.6 is 11.3 Å². The number of benzene rings is 1. The monoisotopic (exact) mass is 415 g/mol. The zero-order valence-corrected chi connectivity index (χ0v) is 16.9. The van der Waals surface area contributed by atoms with Crippen LogP contribution in [0.5, 0.6) is 0 Å². The molecule has 0 bridgehead atoms. The van der Waals surface area contributed by atoms with E-state index in [4.69, 9.17) is 9.47 Å². The Labute approximate surface area is 171 Å². The lowest BCUT2D eigenvalue weighted by molar-refractivity contribution is -0.139. The van der Waals surface area contributed by atoms with E-state index in [9.17, 15) is 14.4 Å². The third kappa shape index (κ3) is 4.80. The topological polar surface area (TPSA) is 107 Å². The van der Waals surface area contributed by atoms with E-state index in [1.54, 1.807) is 12.3 Å². The summed E-state index contributed by atoms with van der Waals surface area (Å²) in [7, 11) is 0. The first-order chi connectivity index (χ1) is 14.0. The summed E-state index contributed by atoms with van der Waals surface area (Å²) in [6, 6.07) is 8.51. The number of esters is 2. The molecule has 1 atom stereocenters. The number of aromatic nitrogens is 1. The van der Waals surface area contributed by atoms with Crippen LogP contribution in [0.1, 0.15) is 30.8 Å². The van der Waals surface area contributed by atoms with Gasteiger partial charge in [-0.2, -0.15) is 0 Å². The maximum atomic E-state index is 12.4. The summed E-state index contributed by atoms with van der Waals surface area (Å²) in [6.45, 7) is 3.45. The SMILES string of the molecule is CCOC(=O)C1=C(COC(=O)c2csc(-c3ccccc3)n2)NC(=O)N[C@@H]1CC. The Hall–Kier alpha value is -3.20. The average Bonchev–Trinajstić information content (AvgIpc) is 3.22. The minimum atomic E-state index is -0.639. The lowest BCUT2D eigenvalue weighted by atomic mass is 10.0. The molecule has 2 heterocycles. The molecule has 3 rings (SSSR count). The molecule has 0 spiro atoms. The lowest BCUT2D eigenvalue weighted by Gasteiger charge is -2.28. The molecule has 29 heavy (non-hydrogen) atoms. The Kier molecular flexibility index (Phi) is 6.61. The quantitative estimate of drug-likeness (QED) is 0.674. The van der Waals surface area contributed by atoms with Gasteiger partial charge in [-0.1, -0.05) is 37.3 Å². The van der Waals surface area contributed by atoms with Crippen LogP contribution in [0.3, 0.4) is 0 Å². The van der Waals surface area contributed by atoms with Crippen LogP contribution < -0.4 is 10.6 Å². The number of hydrogen-bond donors (Lipinski definition) is 2. The molecular weight excluding hydrogens is 394 g/mol. The van der Waals surface area contributed by atoms with Crippen molar-refractivity contribution in [1.29, 1.82) is 0 Å². The minimum Gasteiger partial charge on any atom is -0.463 e. The number of carbonyl (C=O) groups excluding carboxylic acids is 3. The van der Waals surface area contributed by atoms with Gasteiger partial charge in [-0.15, -0.1) is 11.3 Å². The number of rotatable bonds is 7. The molecule has 0 saturated carbocycles. The van der Waals surface area contributed by atoms with Crippen LogP contribution in [-0.4, -0.2) is 42.2 Å². The van der Waals surface area contributed by atoms with Gasteiger partial charge in [0.1, 0.15) is 11.6 Å². The normalized spacial score (nSPS) is 16.1. The highest BCUT2D eigenvalue weighted by molar-refractivity contribution is 7.13. The van der Waals surface area contributed by atoms with Crippen molar-refractivity contribution in [1.82, 2.24) is 15.6 Å². The number of carbonyl (C=O) groups is 3. The van der Waals surface area contributed by atoms with Gasteiger partial charge in [0.25, 0.3) is 0 Å². The molecule has 0 fully saturated rings. The van der Waals surface area contributed by atoms with Gasteiger partial charge in [0.05, 0.1) is 23.9 Å². The first kappa shape index (κ1) is 20.5. The molecule has 0 unspecified atom stereocenters. The Morgan fingerprint density at radius 1 is 1.14 bits per heavy atom.